The predicted molar refractivity (Wildman–Crippen MR) is 163 cm³/mol. The van der Waals surface area contributed by atoms with Crippen molar-refractivity contribution in [3.63, 3.8) is 0 Å². The molecule has 4 rings (SSSR count). The molecule has 0 fully saturated rings. The van der Waals surface area contributed by atoms with Gasteiger partial charge in [0.25, 0.3) is 0 Å². The van der Waals surface area contributed by atoms with Crippen molar-refractivity contribution in [1.82, 2.24) is 0 Å². The zero-order chi connectivity index (χ0) is 26.1. The minimum Gasteiger partial charge on any atom is -0.418 e. The third-order valence-corrected chi connectivity index (χ3v) is 10.6. The lowest BCUT2D eigenvalue weighted by atomic mass is 9.78. The molecule has 0 aliphatic rings. The third-order valence-electron chi connectivity index (χ3n) is 7.61. The van der Waals surface area contributed by atoms with E-state index in [4.69, 9.17) is 8.85 Å². The second-order valence-electron chi connectivity index (χ2n) is 10.5. The molecule has 37 heavy (non-hydrogen) atoms. The Labute approximate surface area is 228 Å². The van der Waals surface area contributed by atoms with Gasteiger partial charge in [-0.2, -0.15) is 0 Å². The molecule has 0 bridgehead atoms. The average Bonchev–Trinajstić information content (AvgIpc) is 2.90. The molecule has 0 aliphatic heterocycles. The first-order valence-corrected chi connectivity index (χ1v) is 15.9. The van der Waals surface area contributed by atoms with Gasteiger partial charge in [0.15, 0.2) is 19.5 Å². The molecule has 2 nitrogen and oxygen atoms in total. The molecule has 0 atom stereocenters. The highest BCUT2D eigenvalue weighted by molar-refractivity contribution is 6.48. The second-order valence-corrected chi connectivity index (χ2v) is 13.4. The van der Waals surface area contributed by atoms with Gasteiger partial charge in [-0.3, -0.25) is 0 Å². The summed E-state index contributed by atoms with van der Waals surface area (Å²) in [6, 6.07) is 34.9. The SMILES string of the molecule is Cc1cccc([SiH2]OCC(CO[SiH2]c2cccc(C)c2C)(Cc2ccccc2)Cc2ccccc2)c1C. The van der Waals surface area contributed by atoms with Crippen LogP contribution in [0.15, 0.2) is 97.1 Å². The van der Waals surface area contributed by atoms with Crippen molar-refractivity contribution in [2.45, 2.75) is 40.5 Å². The Bertz CT molecular complexity index is 1170. The number of rotatable bonds is 12. The second kappa shape index (κ2) is 13.2. The first-order valence-electron chi connectivity index (χ1n) is 13.3. The fourth-order valence-electron chi connectivity index (χ4n) is 5.06. The number of hydrogen-bond donors (Lipinski definition) is 0. The highest BCUT2D eigenvalue weighted by Crippen LogP contribution is 2.29. The quantitative estimate of drug-likeness (QED) is 0.253. The topological polar surface area (TPSA) is 18.5 Å². The average molecular weight is 525 g/mol. The summed E-state index contributed by atoms with van der Waals surface area (Å²) in [7, 11) is -1.70. The molecule has 0 aromatic heterocycles. The van der Waals surface area contributed by atoms with Crippen molar-refractivity contribution < 1.29 is 8.85 Å². The van der Waals surface area contributed by atoms with Gasteiger partial charge in [0.2, 0.25) is 0 Å². The Hall–Kier alpha value is -2.77. The maximum atomic E-state index is 6.69. The van der Waals surface area contributed by atoms with Crippen LogP contribution in [0.25, 0.3) is 0 Å². The Morgan fingerprint density at radius 3 is 1.32 bits per heavy atom. The molecule has 0 saturated heterocycles. The minimum atomic E-state index is -0.850. The van der Waals surface area contributed by atoms with Gasteiger partial charge in [-0.25, -0.2) is 0 Å². The standard InChI is InChI=1S/C33H40O2Si2/c1-25-13-11-19-31(27(25)3)36-34-23-33(21-29-15-7-5-8-16-29,22-30-17-9-6-10-18-30)24-35-37-32-20-12-14-26(2)28(32)4/h5-20H,21-24,36-37H2,1-4H3. The van der Waals surface area contributed by atoms with E-state index >= 15 is 0 Å². The normalized spacial score (nSPS) is 12.2. The zero-order valence-electron chi connectivity index (χ0n) is 22.8. The van der Waals surface area contributed by atoms with Crippen LogP contribution in [0, 0.1) is 33.1 Å². The molecule has 0 unspecified atom stereocenters. The van der Waals surface area contributed by atoms with Crippen LogP contribution in [-0.4, -0.2) is 32.7 Å². The monoisotopic (exact) mass is 524 g/mol. The lowest BCUT2D eigenvalue weighted by molar-refractivity contribution is 0.0840. The van der Waals surface area contributed by atoms with Crippen molar-refractivity contribution >= 4 is 29.9 Å². The fourth-order valence-corrected chi connectivity index (χ4v) is 8.02. The van der Waals surface area contributed by atoms with Crippen molar-refractivity contribution in [3.05, 3.63) is 130 Å². The summed E-state index contributed by atoms with van der Waals surface area (Å²) in [4.78, 5) is 0. The first-order chi connectivity index (χ1) is 18.0. The van der Waals surface area contributed by atoms with E-state index in [1.54, 1.807) is 0 Å². The zero-order valence-corrected chi connectivity index (χ0v) is 25.6. The van der Waals surface area contributed by atoms with E-state index in [-0.39, 0.29) is 5.41 Å². The molecule has 0 aliphatic carbocycles. The van der Waals surface area contributed by atoms with E-state index in [1.165, 1.54) is 43.8 Å². The molecule has 0 radical (unpaired) electrons. The third kappa shape index (κ3) is 7.62. The molecule has 4 aromatic carbocycles. The molecule has 4 heteroatoms. The van der Waals surface area contributed by atoms with E-state index in [2.05, 4.69) is 125 Å². The summed E-state index contributed by atoms with van der Waals surface area (Å²) >= 11 is 0. The van der Waals surface area contributed by atoms with Crippen molar-refractivity contribution in [1.29, 1.82) is 0 Å². The Kier molecular flexibility index (Phi) is 9.70. The van der Waals surface area contributed by atoms with E-state index in [1.807, 2.05) is 0 Å². The van der Waals surface area contributed by atoms with Gasteiger partial charge >= 0.3 is 0 Å². The summed E-state index contributed by atoms with van der Waals surface area (Å²) in [6.45, 7) is 10.2. The summed E-state index contributed by atoms with van der Waals surface area (Å²) in [5, 5.41) is 2.80. The fraction of sp³-hybridized carbons (Fsp3) is 0.273. The van der Waals surface area contributed by atoms with Gasteiger partial charge in [-0.15, -0.1) is 0 Å². The molecule has 192 valence electrons. The highest BCUT2D eigenvalue weighted by Gasteiger charge is 2.32. The first kappa shape index (κ1) is 27.3. The molecule has 0 saturated carbocycles. The van der Waals surface area contributed by atoms with Crippen LogP contribution < -0.4 is 10.4 Å². The van der Waals surface area contributed by atoms with Crippen LogP contribution in [0.2, 0.25) is 0 Å². The van der Waals surface area contributed by atoms with E-state index in [0.717, 1.165) is 12.8 Å². The van der Waals surface area contributed by atoms with Crippen LogP contribution in [-0.2, 0) is 21.7 Å². The highest BCUT2D eigenvalue weighted by atomic mass is 28.2. The van der Waals surface area contributed by atoms with Crippen LogP contribution in [0.3, 0.4) is 0 Å². The van der Waals surface area contributed by atoms with Gasteiger partial charge < -0.3 is 8.85 Å². The molecule has 0 heterocycles. The molecular formula is C33H40O2Si2. The van der Waals surface area contributed by atoms with E-state index in [0.29, 0.717) is 13.2 Å². The van der Waals surface area contributed by atoms with Gasteiger partial charge in [0.05, 0.1) is 0 Å². The Morgan fingerprint density at radius 1 is 0.514 bits per heavy atom. The van der Waals surface area contributed by atoms with Crippen molar-refractivity contribution in [2.24, 2.45) is 5.41 Å². The van der Waals surface area contributed by atoms with Gasteiger partial charge in [-0.1, -0.05) is 97.1 Å². The maximum Gasteiger partial charge on any atom is 0.192 e. The number of hydrogen-bond acceptors (Lipinski definition) is 2. The lowest BCUT2D eigenvalue weighted by Gasteiger charge is -2.35. The molecular weight excluding hydrogens is 485 g/mol. The molecule has 0 spiro atoms. The van der Waals surface area contributed by atoms with Gasteiger partial charge in [0.1, 0.15) is 0 Å². The van der Waals surface area contributed by atoms with Crippen LogP contribution in [0.5, 0.6) is 0 Å². The van der Waals surface area contributed by atoms with E-state index < -0.39 is 19.5 Å². The Morgan fingerprint density at radius 2 is 0.919 bits per heavy atom. The van der Waals surface area contributed by atoms with Crippen LogP contribution >= 0.6 is 0 Å². The summed E-state index contributed by atoms with van der Waals surface area (Å²) in [5.41, 5.74) is 8.00. The predicted octanol–water partition coefficient (Wildman–Crippen LogP) is 4.54. The van der Waals surface area contributed by atoms with Crippen molar-refractivity contribution in [2.75, 3.05) is 13.2 Å². The number of aryl methyl sites for hydroxylation is 2. The smallest absolute Gasteiger partial charge is 0.192 e. The molecule has 4 aromatic rings. The number of benzene rings is 4. The summed E-state index contributed by atoms with van der Waals surface area (Å²) < 4.78 is 13.4. The minimum absolute atomic E-state index is 0.127. The van der Waals surface area contributed by atoms with Gasteiger partial charge in [-0.05, 0) is 84.3 Å². The lowest BCUT2D eigenvalue weighted by Crippen LogP contribution is -2.40. The molecule has 0 N–H and O–H groups in total. The van der Waals surface area contributed by atoms with Gasteiger partial charge in [0, 0.05) is 18.6 Å². The van der Waals surface area contributed by atoms with Crippen LogP contribution in [0.4, 0.5) is 0 Å². The van der Waals surface area contributed by atoms with E-state index in [9.17, 15) is 0 Å². The van der Waals surface area contributed by atoms with Crippen molar-refractivity contribution in [3.8, 4) is 0 Å². The largest absolute Gasteiger partial charge is 0.418 e. The Balaban J connectivity index is 1.59. The maximum absolute atomic E-state index is 6.69. The van der Waals surface area contributed by atoms with Crippen LogP contribution in [0.1, 0.15) is 33.4 Å². The summed E-state index contributed by atoms with van der Waals surface area (Å²) in [5.74, 6) is 0. The molecule has 0 amide bonds. The summed E-state index contributed by atoms with van der Waals surface area (Å²) in [6.07, 6.45) is 1.87.